The highest BCUT2D eigenvalue weighted by atomic mass is 16.5. The van der Waals surface area contributed by atoms with Crippen LogP contribution in [-0.2, 0) is 5.41 Å². The largest absolute Gasteiger partial charge is 0.456 e. The van der Waals surface area contributed by atoms with Crippen LogP contribution in [0, 0.1) is 0 Å². The summed E-state index contributed by atoms with van der Waals surface area (Å²) in [6.45, 7) is 4.70. The third-order valence-electron chi connectivity index (χ3n) is 12.3. The highest BCUT2D eigenvalue weighted by molar-refractivity contribution is 6.01. The molecule has 1 aliphatic heterocycles. The molecule has 2 aliphatic rings. The highest BCUT2D eigenvalue weighted by Gasteiger charge is 2.36. The SMILES string of the molecule is CC1(C)c2ccccc2-c2ccc(N(c3ccc(-c4ccccc4)cc3)c3cccc4c3-c3ccc(-c5ccccc5)cc3-c3cc(-c5ccccc5)ccc3O4)cc21. The Labute approximate surface area is 346 Å². The second-order valence-corrected chi connectivity index (χ2v) is 16.1. The zero-order valence-electron chi connectivity index (χ0n) is 33.1. The number of benzene rings is 9. The monoisotopic (exact) mass is 755 g/mol. The molecule has 11 rings (SSSR count). The third-order valence-corrected chi connectivity index (χ3v) is 12.3. The van der Waals surface area contributed by atoms with E-state index in [2.05, 4.69) is 231 Å². The molecule has 0 aromatic heterocycles. The van der Waals surface area contributed by atoms with Crippen LogP contribution in [0.2, 0.25) is 0 Å². The Balaban J connectivity index is 1.15. The van der Waals surface area contributed by atoms with E-state index >= 15 is 0 Å². The second-order valence-electron chi connectivity index (χ2n) is 16.1. The molecule has 1 heterocycles. The molecule has 0 amide bonds. The molecule has 2 nitrogen and oxygen atoms in total. The van der Waals surface area contributed by atoms with Gasteiger partial charge in [-0.1, -0.05) is 172 Å². The minimum Gasteiger partial charge on any atom is -0.456 e. The van der Waals surface area contributed by atoms with E-state index in [1.165, 1.54) is 44.5 Å². The normalized spacial score (nSPS) is 12.8. The van der Waals surface area contributed by atoms with E-state index in [1.807, 2.05) is 0 Å². The number of rotatable bonds is 6. The van der Waals surface area contributed by atoms with Crippen LogP contribution in [0.1, 0.15) is 25.0 Å². The van der Waals surface area contributed by atoms with E-state index in [0.717, 1.165) is 61.9 Å². The minimum absolute atomic E-state index is 0.153. The van der Waals surface area contributed by atoms with Crippen molar-refractivity contribution in [2.45, 2.75) is 19.3 Å². The highest BCUT2D eigenvalue weighted by Crippen LogP contribution is 2.55. The lowest BCUT2D eigenvalue weighted by molar-refractivity contribution is 0.488. The average Bonchev–Trinajstić information content (AvgIpc) is 3.42. The molecular formula is C57H41NO. The summed E-state index contributed by atoms with van der Waals surface area (Å²) in [7, 11) is 0. The summed E-state index contributed by atoms with van der Waals surface area (Å²) in [6, 6.07) is 76.8. The molecule has 9 aromatic carbocycles. The average molecular weight is 756 g/mol. The number of hydrogen-bond donors (Lipinski definition) is 0. The molecule has 0 saturated heterocycles. The van der Waals surface area contributed by atoms with Gasteiger partial charge in [-0.15, -0.1) is 0 Å². The van der Waals surface area contributed by atoms with Gasteiger partial charge < -0.3 is 9.64 Å². The van der Waals surface area contributed by atoms with Crippen molar-refractivity contribution < 1.29 is 4.74 Å². The first-order valence-electron chi connectivity index (χ1n) is 20.4. The molecule has 0 unspecified atom stereocenters. The number of nitrogens with zero attached hydrogens (tertiary/aromatic N) is 1. The van der Waals surface area contributed by atoms with Crippen LogP contribution in [0.3, 0.4) is 0 Å². The van der Waals surface area contributed by atoms with Gasteiger partial charge in [-0.25, -0.2) is 0 Å². The quantitative estimate of drug-likeness (QED) is 0.168. The van der Waals surface area contributed by atoms with Crippen molar-refractivity contribution in [3.8, 4) is 78.3 Å². The molecule has 0 saturated carbocycles. The molecule has 0 radical (unpaired) electrons. The van der Waals surface area contributed by atoms with Gasteiger partial charge >= 0.3 is 0 Å². The predicted octanol–water partition coefficient (Wildman–Crippen LogP) is 15.9. The van der Waals surface area contributed by atoms with Gasteiger partial charge in [0.05, 0.1) is 5.69 Å². The van der Waals surface area contributed by atoms with Gasteiger partial charge in [0.2, 0.25) is 0 Å². The zero-order valence-corrected chi connectivity index (χ0v) is 33.1. The Morgan fingerprint density at radius 2 is 0.864 bits per heavy atom. The Morgan fingerprint density at radius 1 is 0.339 bits per heavy atom. The van der Waals surface area contributed by atoms with Crippen molar-refractivity contribution in [1.82, 2.24) is 0 Å². The van der Waals surface area contributed by atoms with Crippen molar-refractivity contribution in [2.24, 2.45) is 0 Å². The molecular weight excluding hydrogens is 715 g/mol. The maximum atomic E-state index is 7.08. The molecule has 0 bridgehead atoms. The third kappa shape index (κ3) is 5.87. The number of fused-ring (bicyclic) bond motifs is 8. The molecule has 0 fully saturated rings. The van der Waals surface area contributed by atoms with E-state index in [0.29, 0.717) is 0 Å². The maximum Gasteiger partial charge on any atom is 0.137 e. The van der Waals surface area contributed by atoms with Gasteiger partial charge in [0.25, 0.3) is 0 Å². The topological polar surface area (TPSA) is 12.5 Å². The Morgan fingerprint density at radius 3 is 1.56 bits per heavy atom. The molecule has 1 aliphatic carbocycles. The van der Waals surface area contributed by atoms with Gasteiger partial charge in [-0.3, -0.25) is 0 Å². The van der Waals surface area contributed by atoms with Crippen LogP contribution in [0.5, 0.6) is 11.5 Å². The van der Waals surface area contributed by atoms with Crippen LogP contribution < -0.4 is 9.64 Å². The fourth-order valence-corrected chi connectivity index (χ4v) is 9.31. The van der Waals surface area contributed by atoms with Gasteiger partial charge in [0.15, 0.2) is 0 Å². The van der Waals surface area contributed by atoms with Crippen LogP contribution in [0.15, 0.2) is 212 Å². The minimum atomic E-state index is -0.153. The summed E-state index contributed by atoms with van der Waals surface area (Å²) in [5.74, 6) is 1.66. The van der Waals surface area contributed by atoms with Crippen molar-refractivity contribution >= 4 is 17.1 Å². The molecule has 59 heavy (non-hydrogen) atoms. The molecule has 0 spiro atoms. The fraction of sp³-hybridized carbons (Fsp3) is 0.0526. The van der Waals surface area contributed by atoms with E-state index in [9.17, 15) is 0 Å². The van der Waals surface area contributed by atoms with Gasteiger partial charge in [-0.2, -0.15) is 0 Å². The fourth-order valence-electron chi connectivity index (χ4n) is 9.31. The van der Waals surface area contributed by atoms with Crippen LogP contribution in [-0.4, -0.2) is 0 Å². The van der Waals surface area contributed by atoms with E-state index in [-0.39, 0.29) is 5.41 Å². The second kappa shape index (κ2) is 13.9. The number of anilines is 3. The summed E-state index contributed by atoms with van der Waals surface area (Å²) in [5, 5.41) is 0. The van der Waals surface area contributed by atoms with Crippen LogP contribution in [0.25, 0.3) is 66.8 Å². The van der Waals surface area contributed by atoms with Crippen LogP contribution >= 0.6 is 0 Å². The number of ether oxygens (including phenoxy) is 1. The van der Waals surface area contributed by atoms with Crippen LogP contribution in [0.4, 0.5) is 17.1 Å². The van der Waals surface area contributed by atoms with Crippen molar-refractivity contribution in [1.29, 1.82) is 0 Å². The summed E-state index contributed by atoms with van der Waals surface area (Å²) in [5.41, 5.74) is 19.8. The van der Waals surface area contributed by atoms with Crippen molar-refractivity contribution in [3.05, 3.63) is 223 Å². The lowest BCUT2D eigenvalue weighted by Crippen LogP contribution is -2.17. The smallest absolute Gasteiger partial charge is 0.137 e. The lowest BCUT2D eigenvalue weighted by atomic mass is 9.82. The standard InChI is InChI=1S/C57H41NO/c1-57(2)51-22-13-12-21-46(51)47-33-31-45(37-52(47)57)58(44-29-25-41(26-30-44)38-15-6-3-7-16-38)53-23-14-24-55-56(53)48-32-27-42(39-17-8-4-9-18-39)35-49(48)50-36-43(28-34-54(50)59-55)40-19-10-5-11-20-40/h3-37H,1-2H3. The molecule has 2 heteroatoms. The van der Waals surface area contributed by atoms with Gasteiger partial charge in [0, 0.05) is 27.9 Å². The molecule has 0 atom stereocenters. The van der Waals surface area contributed by atoms with E-state index < -0.39 is 0 Å². The van der Waals surface area contributed by atoms with Crippen molar-refractivity contribution in [3.63, 3.8) is 0 Å². The van der Waals surface area contributed by atoms with E-state index in [4.69, 9.17) is 4.74 Å². The molecule has 9 aromatic rings. The number of hydrogen-bond acceptors (Lipinski definition) is 2. The molecule has 280 valence electrons. The molecule has 0 N–H and O–H groups in total. The van der Waals surface area contributed by atoms with E-state index in [1.54, 1.807) is 0 Å². The zero-order chi connectivity index (χ0) is 39.5. The van der Waals surface area contributed by atoms with Crippen molar-refractivity contribution in [2.75, 3.05) is 4.90 Å². The Hall–Kier alpha value is -7.42. The summed E-state index contributed by atoms with van der Waals surface area (Å²) >= 11 is 0. The first kappa shape index (κ1) is 34.8. The lowest BCUT2D eigenvalue weighted by Gasteiger charge is -2.30. The summed E-state index contributed by atoms with van der Waals surface area (Å²) in [4.78, 5) is 2.43. The van der Waals surface area contributed by atoms with Gasteiger partial charge in [0.1, 0.15) is 11.5 Å². The Kier molecular flexibility index (Phi) is 8.20. The first-order valence-corrected chi connectivity index (χ1v) is 20.4. The predicted molar refractivity (Wildman–Crippen MR) is 246 cm³/mol. The summed E-state index contributed by atoms with van der Waals surface area (Å²) in [6.07, 6.45) is 0. The summed E-state index contributed by atoms with van der Waals surface area (Å²) < 4.78 is 7.08. The first-order chi connectivity index (χ1) is 29.0. The van der Waals surface area contributed by atoms with Gasteiger partial charge in [-0.05, 0) is 121 Å². The maximum absolute atomic E-state index is 7.08. The Bertz CT molecular complexity index is 3020.